The van der Waals surface area contributed by atoms with E-state index in [2.05, 4.69) is 0 Å². The molecule has 4 nitrogen and oxygen atoms in total. The minimum absolute atomic E-state index is 0.0309. The highest BCUT2D eigenvalue weighted by atomic mass is 16.5. The number of carbonyl (C=O) groups is 2. The second-order valence-electron chi connectivity index (χ2n) is 5.19. The molecule has 0 saturated carbocycles. The molecule has 1 heterocycles. The molecule has 0 aliphatic carbocycles. The predicted octanol–water partition coefficient (Wildman–Crippen LogP) is 2.67. The first kappa shape index (κ1) is 14.6. The van der Waals surface area contributed by atoms with Crippen molar-refractivity contribution in [3.05, 3.63) is 29.8 Å². The van der Waals surface area contributed by atoms with E-state index in [0.29, 0.717) is 11.3 Å². The number of aldehydes is 1. The van der Waals surface area contributed by atoms with Crippen molar-refractivity contribution in [2.24, 2.45) is 0 Å². The average Bonchev–Trinajstić information content (AvgIpc) is 2.75. The fourth-order valence-corrected chi connectivity index (χ4v) is 2.46. The lowest BCUT2D eigenvalue weighted by atomic mass is 10.2. The third kappa shape index (κ3) is 3.83. The zero-order valence-electron chi connectivity index (χ0n) is 11.9. The summed E-state index contributed by atoms with van der Waals surface area (Å²) in [5, 5.41) is 0. The van der Waals surface area contributed by atoms with E-state index in [1.165, 1.54) is 12.8 Å². The molecule has 1 unspecified atom stereocenters. The van der Waals surface area contributed by atoms with Gasteiger partial charge in [-0.15, -0.1) is 0 Å². The first-order valence-corrected chi connectivity index (χ1v) is 7.21. The summed E-state index contributed by atoms with van der Waals surface area (Å²) in [5.41, 5.74) is 0.553. The highest BCUT2D eigenvalue weighted by Crippen LogP contribution is 2.16. The number of likely N-dealkylation sites (tertiary alicyclic amines) is 1. The normalized spacial score (nSPS) is 17.1. The molecule has 0 radical (unpaired) electrons. The van der Waals surface area contributed by atoms with Gasteiger partial charge in [-0.1, -0.05) is 25.0 Å². The molecule has 0 bridgehead atoms. The molecule has 1 aromatic rings. The Kier molecular flexibility index (Phi) is 5.16. The molecule has 108 valence electrons. The molecular weight excluding hydrogens is 254 g/mol. The van der Waals surface area contributed by atoms with Crippen molar-refractivity contribution in [3.63, 3.8) is 0 Å². The third-order valence-electron chi connectivity index (χ3n) is 3.57. The van der Waals surface area contributed by atoms with Crippen LogP contribution in [0.2, 0.25) is 0 Å². The maximum absolute atomic E-state index is 12.3. The summed E-state index contributed by atoms with van der Waals surface area (Å²) in [6.45, 7) is 3.41. The smallest absolute Gasteiger partial charge is 0.263 e. The number of ether oxygens (including phenoxy) is 1. The number of carbonyl (C=O) groups excluding carboxylic acids is 2. The van der Waals surface area contributed by atoms with Gasteiger partial charge >= 0.3 is 0 Å². The van der Waals surface area contributed by atoms with Gasteiger partial charge < -0.3 is 9.64 Å². The van der Waals surface area contributed by atoms with Crippen LogP contribution < -0.4 is 4.74 Å². The average molecular weight is 275 g/mol. The van der Waals surface area contributed by atoms with E-state index in [-0.39, 0.29) is 5.91 Å². The second-order valence-corrected chi connectivity index (χ2v) is 5.19. The molecule has 1 aliphatic rings. The van der Waals surface area contributed by atoms with Gasteiger partial charge in [-0.05, 0) is 31.9 Å². The van der Waals surface area contributed by atoms with Crippen molar-refractivity contribution >= 4 is 12.2 Å². The summed E-state index contributed by atoms with van der Waals surface area (Å²) >= 11 is 0. The Hall–Kier alpha value is -1.84. The molecular formula is C16H21NO3. The van der Waals surface area contributed by atoms with Crippen molar-refractivity contribution in [3.8, 4) is 5.75 Å². The Balaban J connectivity index is 1.97. The number of nitrogens with zero attached hydrogens (tertiary/aromatic N) is 1. The number of hydrogen-bond donors (Lipinski definition) is 0. The van der Waals surface area contributed by atoms with E-state index >= 15 is 0 Å². The highest BCUT2D eigenvalue weighted by Gasteiger charge is 2.22. The van der Waals surface area contributed by atoms with E-state index < -0.39 is 6.10 Å². The first-order chi connectivity index (χ1) is 9.70. The Labute approximate surface area is 119 Å². The molecule has 1 amide bonds. The van der Waals surface area contributed by atoms with Gasteiger partial charge in [-0.2, -0.15) is 0 Å². The van der Waals surface area contributed by atoms with Crippen LogP contribution in [0.3, 0.4) is 0 Å². The monoisotopic (exact) mass is 275 g/mol. The Morgan fingerprint density at radius 3 is 2.60 bits per heavy atom. The quantitative estimate of drug-likeness (QED) is 0.794. The summed E-state index contributed by atoms with van der Waals surface area (Å²) in [6.07, 6.45) is 4.78. The van der Waals surface area contributed by atoms with Crippen LogP contribution in [-0.4, -0.2) is 36.3 Å². The maximum atomic E-state index is 12.3. The van der Waals surface area contributed by atoms with Crippen LogP contribution in [0.15, 0.2) is 24.3 Å². The van der Waals surface area contributed by atoms with Crippen molar-refractivity contribution in [2.45, 2.75) is 38.7 Å². The molecule has 4 heteroatoms. The standard InChI is InChI=1S/C16H21NO3/c1-13(16(19)17-9-4-2-3-5-10-17)20-15-8-6-7-14(11-15)12-18/h6-8,11-13H,2-5,9-10H2,1H3. The zero-order chi connectivity index (χ0) is 14.4. The fraction of sp³-hybridized carbons (Fsp3) is 0.500. The maximum Gasteiger partial charge on any atom is 0.263 e. The molecule has 1 atom stereocenters. The van der Waals surface area contributed by atoms with Crippen molar-refractivity contribution in [1.82, 2.24) is 4.90 Å². The molecule has 1 saturated heterocycles. The Morgan fingerprint density at radius 1 is 1.25 bits per heavy atom. The second kappa shape index (κ2) is 7.08. The molecule has 0 aromatic heterocycles. The van der Waals surface area contributed by atoms with Crippen LogP contribution >= 0.6 is 0 Å². The van der Waals surface area contributed by atoms with E-state index in [9.17, 15) is 9.59 Å². The third-order valence-corrected chi connectivity index (χ3v) is 3.57. The lowest BCUT2D eigenvalue weighted by molar-refractivity contribution is -0.137. The lowest BCUT2D eigenvalue weighted by Gasteiger charge is -2.24. The molecule has 0 spiro atoms. The zero-order valence-corrected chi connectivity index (χ0v) is 11.9. The number of hydrogen-bond acceptors (Lipinski definition) is 3. The Bertz CT molecular complexity index is 465. The molecule has 1 fully saturated rings. The van der Waals surface area contributed by atoms with Gasteiger partial charge in [0.25, 0.3) is 5.91 Å². The van der Waals surface area contributed by atoms with Gasteiger partial charge in [0.1, 0.15) is 12.0 Å². The number of amides is 1. The molecule has 0 N–H and O–H groups in total. The van der Waals surface area contributed by atoms with Crippen LogP contribution in [0.5, 0.6) is 5.75 Å². The summed E-state index contributed by atoms with van der Waals surface area (Å²) in [4.78, 5) is 25.0. The summed E-state index contributed by atoms with van der Waals surface area (Å²) in [5.74, 6) is 0.591. The summed E-state index contributed by atoms with van der Waals surface area (Å²) in [6, 6.07) is 6.88. The van der Waals surface area contributed by atoms with Crippen LogP contribution in [0, 0.1) is 0 Å². The minimum Gasteiger partial charge on any atom is -0.481 e. The van der Waals surface area contributed by atoms with Gasteiger partial charge in [-0.25, -0.2) is 0 Å². The van der Waals surface area contributed by atoms with Crippen molar-refractivity contribution in [1.29, 1.82) is 0 Å². The summed E-state index contributed by atoms with van der Waals surface area (Å²) in [7, 11) is 0. The minimum atomic E-state index is -0.519. The van der Waals surface area contributed by atoms with Crippen molar-refractivity contribution < 1.29 is 14.3 Å². The van der Waals surface area contributed by atoms with Gasteiger partial charge in [-0.3, -0.25) is 9.59 Å². The largest absolute Gasteiger partial charge is 0.481 e. The van der Waals surface area contributed by atoms with E-state index in [1.807, 2.05) is 4.90 Å². The lowest BCUT2D eigenvalue weighted by Crippen LogP contribution is -2.41. The fourth-order valence-electron chi connectivity index (χ4n) is 2.46. The van der Waals surface area contributed by atoms with Gasteiger partial charge in [0.15, 0.2) is 6.10 Å². The van der Waals surface area contributed by atoms with E-state index in [4.69, 9.17) is 4.74 Å². The van der Waals surface area contributed by atoms with Crippen LogP contribution in [0.25, 0.3) is 0 Å². The van der Waals surface area contributed by atoms with E-state index in [0.717, 1.165) is 32.2 Å². The SMILES string of the molecule is CC(Oc1cccc(C=O)c1)C(=O)N1CCCCCC1. The molecule has 1 aliphatic heterocycles. The van der Waals surface area contributed by atoms with E-state index in [1.54, 1.807) is 31.2 Å². The van der Waals surface area contributed by atoms with Gasteiger partial charge in [0, 0.05) is 18.7 Å². The molecule has 2 rings (SSSR count). The molecule has 20 heavy (non-hydrogen) atoms. The van der Waals surface area contributed by atoms with Gasteiger partial charge in [0.2, 0.25) is 0 Å². The molecule has 1 aromatic carbocycles. The van der Waals surface area contributed by atoms with Crippen molar-refractivity contribution in [2.75, 3.05) is 13.1 Å². The predicted molar refractivity (Wildman–Crippen MR) is 77.0 cm³/mol. The number of rotatable bonds is 4. The number of benzene rings is 1. The topological polar surface area (TPSA) is 46.6 Å². The van der Waals surface area contributed by atoms with Crippen LogP contribution in [0.1, 0.15) is 43.0 Å². The van der Waals surface area contributed by atoms with Crippen LogP contribution in [0.4, 0.5) is 0 Å². The highest BCUT2D eigenvalue weighted by molar-refractivity contribution is 5.81. The first-order valence-electron chi connectivity index (χ1n) is 7.21. The van der Waals surface area contributed by atoms with Crippen LogP contribution in [-0.2, 0) is 4.79 Å². The Morgan fingerprint density at radius 2 is 1.95 bits per heavy atom. The summed E-state index contributed by atoms with van der Waals surface area (Å²) < 4.78 is 5.66. The van der Waals surface area contributed by atoms with Gasteiger partial charge in [0.05, 0.1) is 0 Å².